The fourth-order valence-corrected chi connectivity index (χ4v) is 2.33. The van der Waals surface area contributed by atoms with Crippen LogP contribution in [0.1, 0.15) is 33.6 Å². The van der Waals surface area contributed by atoms with Crippen molar-refractivity contribution in [1.82, 2.24) is 0 Å². The molecule has 1 nitrogen and oxygen atoms in total. The Morgan fingerprint density at radius 3 is 1.88 bits per heavy atom. The van der Waals surface area contributed by atoms with Gasteiger partial charge in [0.25, 0.3) is 0 Å². The van der Waals surface area contributed by atoms with Crippen molar-refractivity contribution in [3.8, 4) is 0 Å². The topological polar surface area (TPSA) is 9.23 Å². The molecule has 0 heterocycles. The summed E-state index contributed by atoms with van der Waals surface area (Å²) in [7, 11) is -1.59. The summed E-state index contributed by atoms with van der Waals surface area (Å²) in [6.45, 7) is 19.9. The zero-order valence-electron chi connectivity index (χ0n) is 11.7. The molecule has 2 heteroatoms. The molecule has 16 heavy (non-hydrogen) atoms. The van der Waals surface area contributed by atoms with E-state index in [9.17, 15) is 0 Å². The molecule has 0 unspecified atom stereocenters. The Labute approximate surface area is 103 Å². The monoisotopic (exact) mass is 240 g/mol. The van der Waals surface area contributed by atoms with E-state index in [1.54, 1.807) is 0 Å². The van der Waals surface area contributed by atoms with Crippen LogP contribution in [0.15, 0.2) is 25.3 Å². The van der Waals surface area contributed by atoms with Crippen molar-refractivity contribution in [2.45, 2.75) is 51.7 Å². The Kier molecular flexibility index (Phi) is 6.27. The van der Waals surface area contributed by atoms with Gasteiger partial charge in [-0.25, -0.2) is 0 Å². The van der Waals surface area contributed by atoms with Crippen molar-refractivity contribution in [2.24, 2.45) is 5.92 Å². The maximum atomic E-state index is 6.20. The summed E-state index contributed by atoms with van der Waals surface area (Å²) >= 11 is 0. The highest BCUT2D eigenvalue weighted by molar-refractivity contribution is 6.74. The van der Waals surface area contributed by atoms with Gasteiger partial charge in [-0.3, -0.25) is 0 Å². The fourth-order valence-electron chi connectivity index (χ4n) is 1.25. The molecule has 94 valence electrons. The molecule has 0 aliphatic heterocycles. The molecule has 0 rings (SSSR count). The van der Waals surface area contributed by atoms with E-state index in [-0.39, 0.29) is 0 Å². The Morgan fingerprint density at radius 1 is 1.12 bits per heavy atom. The van der Waals surface area contributed by atoms with E-state index in [2.05, 4.69) is 47.0 Å². The summed E-state index contributed by atoms with van der Waals surface area (Å²) in [6.07, 6.45) is 5.98. The van der Waals surface area contributed by atoms with E-state index in [1.165, 1.54) is 0 Å². The van der Waals surface area contributed by atoms with E-state index in [1.807, 2.05) is 12.2 Å². The van der Waals surface area contributed by atoms with Gasteiger partial charge >= 0.3 is 0 Å². The summed E-state index contributed by atoms with van der Waals surface area (Å²) in [6, 6.07) is 0. The molecule has 0 radical (unpaired) electrons. The summed E-state index contributed by atoms with van der Waals surface area (Å²) in [5.74, 6) is 0.545. The van der Waals surface area contributed by atoms with Crippen LogP contribution in [-0.2, 0) is 4.43 Å². The third kappa shape index (κ3) is 5.13. The first-order chi connectivity index (χ1) is 7.24. The van der Waals surface area contributed by atoms with Gasteiger partial charge in [-0.05, 0) is 36.9 Å². The smallest absolute Gasteiger partial charge is 0.191 e. The van der Waals surface area contributed by atoms with E-state index in [0.717, 1.165) is 19.4 Å². The van der Waals surface area contributed by atoms with Crippen LogP contribution in [-0.4, -0.2) is 14.9 Å². The van der Waals surface area contributed by atoms with E-state index in [4.69, 9.17) is 4.43 Å². The van der Waals surface area contributed by atoms with Gasteiger partial charge in [-0.15, -0.1) is 13.2 Å². The maximum absolute atomic E-state index is 6.20. The maximum Gasteiger partial charge on any atom is 0.191 e. The Balaban J connectivity index is 4.28. The predicted molar refractivity (Wildman–Crippen MR) is 76.3 cm³/mol. The number of rotatable bonds is 7. The lowest BCUT2D eigenvalue weighted by atomic mass is 10.0. The molecule has 0 bridgehead atoms. The van der Waals surface area contributed by atoms with Crippen LogP contribution in [0.4, 0.5) is 0 Å². The van der Waals surface area contributed by atoms with Crippen LogP contribution in [0.25, 0.3) is 0 Å². The Morgan fingerprint density at radius 2 is 1.56 bits per heavy atom. The standard InChI is InChI=1S/C14H28OSi/c1-8-10-13(11-9-2)12-15-16(6,7)14(3,4)5/h8-9,13H,1-2,10-12H2,3-7H3. The summed E-state index contributed by atoms with van der Waals surface area (Å²) in [5.41, 5.74) is 0. The molecule has 0 amide bonds. The minimum atomic E-state index is -1.59. The van der Waals surface area contributed by atoms with E-state index < -0.39 is 8.32 Å². The SMILES string of the molecule is C=CCC(CC=C)CO[Si](C)(C)C(C)(C)C. The van der Waals surface area contributed by atoms with Gasteiger partial charge in [0.15, 0.2) is 8.32 Å². The first-order valence-electron chi connectivity index (χ1n) is 6.10. The van der Waals surface area contributed by atoms with Gasteiger partial charge in [-0.1, -0.05) is 32.9 Å². The second-order valence-corrected chi connectivity index (χ2v) is 10.8. The average molecular weight is 240 g/mol. The molecule has 0 saturated carbocycles. The van der Waals surface area contributed by atoms with Crippen molar-refractivity contribution < 1.29 is 4.43 Å². The molecule has 0 aliphatic rings. The summed E-state index contributed by atoms with van der Waals surface area (Å²) in [5, 5.41) is 0.292. The van der Waals surface area contributed by atoms with Gasteiger partial charge in [0.2, 0.25) is 0 Å². The molecule has 0 spiro atoms. The molecule has 0 aromatic heterocycles. The normalized spacial score (nSPS) is 12.9. The first-order valence-corrected chi connectivity index (χ1v) is 9.01. The predicted octanol–water partition coefficient (Wildman–Crippen LogP) is 4.78. The van der Waals surface area contributed by atoms with Gasteiger partial charge < -0.3 is 4.43 Å². The molecule has 0 atom stereocenters. The van der Waals surface area contributed by atoms with Gasteiger partial charge in [-0.2, -0.15) is 0 Å². The highest BCUT2D eigenvalue weighted by Crippen LogP contribution is 2.37. The van der Waals surface area contributed by atoms with Crippen molar-refractivity contribution >= 4 is 8.32 Å². The lowest BCUT2D eigenvalue weighted by Gasteiger charge is -2.37. The molecule has 0 aliphatic carbocycles. The number of hydrogen-bond acceptors (Lipinski definition) is 1. The van der Waals surface area contributed by atoms with Crippen LogP contribution in [0.3, 0.4) is 0 Å². The Hall–Kier alpha value is -0.343. The van der Waals surface area contributed by atoms with Crippen LogP contribution in [0.5, 0.6) is 0 Å². The molecule has 0 aromatic rings. The van der Waals surface area contributed by atoms with Crippen molar-refractivity contribution in [1.29, 1.82) is 0 Å². The quantitative estimate of drug-likeness (QED) is 0.460. The van der Waals surface area contributed by atoms with Crippen LogP contribution < -0.4 is 0 Å². The average Bonchev–Trinajstić information content (AvgIpc) is 2.13. The Bertz CT molecular complexity index is 215. The zero-order chi connectivity index (χ0) is 12.8. The molecule has 0 fully saturated rings. The lowest BCUT2D eigenvalue weighted by Crippen LogP contribution is -2.41. The van der Waals surface area contributed by atoms with Crippen LogP contribution in [0.2, 0.25) is 18.1 Å². The van der Waals surface area contributed by atoms with Crippen molar-refractivity contribution in [2.75, 3.05) is 6.61 Å². The summed E-state index contributed by atoms with van der Waals surface area (Å²) in [4.78, 5) is 0. The fraction of sp³-hybridized carbons (Fsp3) is 0.714. The van der Waals surface area contributed by atoms with E-state index >= 15 is 0 Å². The third-order valence-corrected chi connectivity index (χ3v) is 7.99. The van der Waals surface area contributed by atoms with Crippen LogP contribution in [0, 0.1) is 5.92 Å². The largest absolute Gasteiger partial charge is 0.417 e. The summed E-state index contributed by atoms with van der Waals surface area (Å²) < 4.78 is 6.20. The minimum absolute atomic E-state index is 0.292. The molecular weight excluding hydrogens is 212 g/mol. The van der Waals surface area contributed by atoms with Gasteiger partial charge in [0, 0.05) is 6.61 Å². The second-order valence-electron chi connectivity index (χ2n) is 5.99. The molecule has 0 N–H and O–H groups in total. The highest BCUT2D eigenvalue weighted by Gasteiger charge is 2.37. The third-order valence-electron chi connectivity index (χ3n) is 3.49. The first kappa shape index (κ1) is 15.7. The zero-order valence-corrected chi connectivity index (χ0v) is 12.7. The molecule has 0 aromatic carbocycles. The van der Waals surface area contributed by atoms with E-state index in [0.29, 0.717) is 11.0 Å². The van der Waals surface area contributed by atoms with Crippen molar-refractivity contribution in [3.63, 3.8) is 0 Å². The highest BCUT2D eigenvalue weighted by atomic mass is 28.4. The number of hydrogen-bond donors (Lipinski definition) is 0. The van der Waals surface area contributed by atoms with Gasteiger partial charge in [0.05, 0.1) is 0 Å². The van der Waals surface area contributed by atoms with Crippen LogP contribution >= 0.6 is 0 Å². The molecular formula is C14H28OSi. The van der Waals surface area contributed by atoms with Gasteiger partial charge in [0.1, 0.15) is 0 Å². The second kappa shape index (κ2) is 6.41. The number of allylic oxidation sites excluding steroid dienone is 2. The minimum Gasteiger partial charge on any atom is -0.417 e. The lowest BCUT2D eigenvalue weighted by molar-refractivity contribution is 0.229. The molecule has 0 saturated heterocycles. The van der Waals surface area contributed by atoms with Crippen molar-refractivity contribution in [3.05, 3.63) is 25.3 Å².